The zero-order valence-electron chi connectivity index (χ0n) is 9.81. The Morgan fingerprint density at radius 2 is 2.24 bits per heavy atom. The zero-order chi connectivity index (χ0) is 12.3. The fourth-order valence-corrected chi connectivity index (χ4v) is 1.47. The number of anilines is 2. The van der Waals surface area contributed by atoms with Gasteiger partial charge in [0.15, 0.2) is 5.82 Å². The molecule has 2 rings (SSSR count). The van der Waals surface area contributed by atoms with Gasteiger partial charge >= 0.3 is 0 Å². The maximum atomic E-state index is 8.98. The molecule has 1 N–H and O–H groups in total. The van der Waals surface area contributed by atoms with Crippen molar-refractivity contribution >= 4 is 11.6 Å². The van der Waals surface area contributed by atoms with Gasteiger partial charge in [-0.25, -0.2) is 4.98 Å². The normalized spacial score (nSPS) is 9.94. The van der Waals surface area contributed by atoms with Crippen LogP contribution in [-0.2, 0) is 6.54 Å². The Labute approximate surface area is 99.7 Å². The molecule has 2 heterocycles. The molecule has 5 nitrogen and oxygen atoms in total. The van der Waals surface area contributed by atoms with Crippen LogP contribution in [0.3, 0.4) is 0 Å². The van der Waals surface area contributed by atoms with Crippen LogP contribution in [0.25, 0.3) is 0 Å². The molecule has 2 aromatic rings. The van der Waals surface area contributed by atoms with E-state index in [4.69, 9.17) is 5.26 Å². The van der Waals surface area contributed by atoms with E-state index in [-0.39, 0.29) is 0 Å². The van der Waals surface area contributed by atoms with E-state index in [9.17, 15) is 0 Å². The first kappa shape index (κ1) is 11.1. The van der Waals surface area contributed by atoms with Crippen LogP contribution in [0.2, 0.25) is 0 Å². The minimum absolute atomic E-state index is 0.515. The molecule has 0 atom stereocenters. The van der Waals surface area contributed by atoms with Gasteiger partial charge in [0.25, 0.3) is 0 Å². The van der Waals surface area contributed by atoms with Crippen LogP contribution in [0.15, 0.2) is 24.4 Å². The van der Waals surface area contributed by atoms with Crippen molar-refractivity contribution in [2.75, 3.05) is 5.32 Å². The van der Waals surface area contributed by atoms with E-state index in [2.05, 4.69) is 21.5 Å². The van der Waals surface area contributed by atoms with Crippen molar-refractivity contribution in [3.8, 4) is 6.07 Å². The first-order valence-corrected chi connectivity index (χ1v) is 5.41. The number of hydrogen-bond donors (Lipinski definition) is 1. The lowest BCUT2D eigenvalue weighted by molar-refractivity contribution is 0.662. The SMILES string of the molecule is CCn1ccc(Nc2nc(C)ccc2C#N)n1. The highest BCUT2D eigenvalue weighted by molar-refractivity contribution is 5.59. The van der Waals surface area contributed by atoms with E-state index in [1.807, 2.05) is 36.9 Å². The van der Waals surface area contributed by atoms with Crippen molar-refractivity contribution < 1.29 is 0 Å². The van der Waals surface area contributed by atoms with Gasteiger partial charge in [0, 0.05) is 24.5 Å². The van der Waals surface area contributed by atoms with Crippen molar-refractivity contribution in [1.29, 1.82) is 5.26 Å². The Bertz CT molecular complexity index is 565. The largest absolute Gasteiger partial charge is 0.322 e. The van der Waals surface area contributed by atoms with Gasteiger partial charge in [0.05, 0.1) is 5.56 Å². The van der Waals surface area contributed by atoms with Crippen molar-refractivity contribution in [3.63, 3.8) is 0 Å². The van der Waals surface area contributed by atoms with Crippen LogP contribution in [0, 0.1) is 18.3 Å². The lowest BCUT2D eigenvalue weighted by atomic mass is 10.2. The molecular weight excluding hydrogens is 214 g/mol. The Hall–Kier alpha value is -2.35. The van der Waals surface area contributed by atoms with E-state index in [1.165, 1.54) is 0 Å². The first-order valence-electron chi connectivity index (χ1n) is 5.41. The summed E-state index contributed by atoms with van der Waals surface area (Å²) in [6.45, 7) is 4.72. The molecule has 0 fully saturated rings. The number of pyridine rings is 1. The predicted molar refractivity (Wildman–Crippen MR) is 64.9 cm³/mol. The van der Waals surface area contributed by atoms with Crippen LogP contribution < -0.4 is 5.32 Å². The first-order chi connectivity index (χ1) is 8.22. The molecular formula is C12H13N5. The summed E-state index contributed by atoms with van der Waals surface area (Å²) in [5.41, 5.74) is 1.38. The second-order valence-corrected chi connectivity index (χ2v) is 3.64. The third-order valence-electron chi connectivity index (χ3n) is 2.37. The Morgan fingerprint density at radius 3 is 2.88 bits per heavy atom. The average Bonchev–Trinajstić information content (AvgIpc) is 2.77. The van der Waals surface area contributed by atoms with Gasteiger partial charge < -0.3 is 5.32 Å². The molecule has 0 spiro atoms. The molecule has 0 saturated heterocycles. The van der Waals surface area contributed by atoms with E-state index in [1.54, 1.807) is 6.07 Å². The molecule has 0 bridgehead atoms. The van der Waals surface area contributed by atoms with Crippen molar-refractivity contribution in [2.24, 2.45) is 0 Å². The summed E-state index contributed by atoms with van der Waals surface area (Å²) in [5, 5.41) is 16.3. The zero-order valence-corrected chi connectivity index (χ0v) is 9.81. The van der Waals surface area contributed by atoms with Gasteiger partial charge in [0.2, 0.25) is 0 Å². The van der Waals surface area contributed by atoms with Gasteiger partial charge in [-0.2, -0.15) is 10.4 Å². The number of hydrogen-bond acceptors (Lipinski definition) is 4. The van der Waals surface area contributed by atoms with Crippen LogP contribution in [0.4, 0.5) is 11.6 Å². The minimum Gasteiger partial charge on any atom is -0.322 e. The summed E-state index contributed by atoms with van der Waals surface area (Å²) in [5.74, 6) is 1.25. The molecule has 17 heavy (non-hydrogen) atoms. The van der Waals surface area contributed by atoms with Crippen molar-refractivity contribution in [3.05, 3.63) is 35.7 Å². The smallest absolute Gasteiger partial charge is 0.153 e. The van der Waals surface area contributed by atoms with Gasteiger partial charge in [-0.3, -0.25) is 4.68 Å². The summed E-state index contributed by atoms with van der Waals surface area (Å²) >= 11 is 0. The van der Waals surface area contributed by atoms with Crippen molar-refractivity contribution in [1.82, 2.24) is 14.8 Å². The summed E-state index contributed by atoms with van der Waals surface area (Å²) < 4.78 is 1.81. The highest BCUT2D eigenvalue weighted by Crippen LogP contribution is 2.17. The Kier molecular flexibility index (Phi) is 3.06. The third kappa shape index (κ3) is 2.42. The molecule has 0 aliphatic rings. The Morgan fingerprint density at radius 1 is 1.41 bits per heavy atom. The molecule has 0 aliphatic carbocycles. The lowest BCUT2D eigenvalue weighted by Gasteiger charge is -2.05. The molecule has 0 aliphatic heterocycles. The Balaban J connectivity index is 2.29. The fourth-order valence-electron chi connectivity index (χ4n) is 1.47. The quantitative estimate of drug-likeness (QED) is 0.873. The highest BCUT2D eigenvalue weighted by atomic mass is 15.3. The van der Waals surface area contributed by atoms with Gasteiger partial charge in [-0.1, -0.05) is 0 Å². The van der Waals surface area contributed by atoms with E-state index in [0.29, 0.717) is 17.2 Å². The summed E-state index contributed by atoms with van der Waals surface area (Å²) in [6.07, 6.45) is 1.88. The van der Waals surface area contributed by atoms with Crippen LogP contribution in [0.5, 0.6) is 0 Å². The van der Waals surface area contributed by atoms with E-state index >= 15 is 0 Å². The van der Waals surface area contributed by atoms with Crippen molar-refractivity contribution in [2.45, 2.75) is 20.4 Å². The molecule has 86 valence electrons. The number of nitrogens with one attached hydrogen (secondary N) is 1. The monoisotopic (exact) mass is 227 g/mol. The van der Waals surface area contributed by atoms with Crippen LogP contribution >= 0.6 is 0 Å². The molecule has 0 unspecified atom stereocenters. The maximum Gasteiger partial charge on any atom is 0.153 e. The summed E-state index contributed by atoms with van der Waals surface area (Å²) in [7, 11) is 0. The average molecular weight is 227 g/mol. The second kappa shape index (κ2) is 4.66. The topological polar surface area (TPSA) is 66.5 Å². The lowest BCUT2D eigenvalue weighted by Crippen LogP contribution is -2.00. The van der Waals surface area contributed by atoms with Crippen LogP contribution in [0.1, 0.15) is 18.2 Å². The van der Waals surface area contributed by atoms with Gasteiger partial charge in [-0.15, -0.1) is 0 Å². The van der Waals surface area contributed by atoms with E-state index in [0.717, 1.165) is 12.2 Å². The fraction of sp³-hybridized carbons (Fsp3) is 0.250. The van der Waals surface area contributed by atoms with Crippen LogP contribution in [-0.4, -0.2) is 14.8 Å². The number of rotatable bonds is 3. The number of nitriles is 1. The summed E-state index contributed by atoms with van der Waals surface area (Å²) in [6, 6.07) is 7.53. The molecule has 0 saturated carbocycles. The molecule has 0 amide bonds. The van der Waals surface area contributed by atoms with Gasteiger partial charge in [0.1, 0.15) is 11.9 Å². The van der Waals surface area contributed by atoms with E-state index < -0.39 is 0 Å². The second-order valence-electron chi connectivity index (χ2n) is 3.64. The highest BCUT2D eigenvalue weighted by Gasteiger charge is 2.06. The number of aromatic nitrogens is 3. The molecule has 0 radical (unpaired) electrons. The number of aryl methyl sites for hydroxylation is 2. The predicted octanol–water partition coefficient (Wildman–Crippen LogP) is 2.22. The maximum absolute atomic E-state index is 8.98. The molecule has 0 aromatic carbocycles. The molecule has 2 aromatic heterocycles. The van der Waals surface area contributed by atoms with Gasteiger partial charge in [-0.05, 0) is 26.0 Å². The molecule has 5 heteroatoms. The third-order valence-corrected chi connectivity index (χ3v) is 2.37. The minimum atomic E-state index is 0.515. The standard InChI is InChI=1S/C12H13N5/c1-3-17-7-6-11(16-17)15-12-10(8-13)5-4-9(2)14-12/h4-7H,3H2,1-2H3,(H,14,15,16). The number of nitrogens with zero attached hydrogens (tertiary/aromatic N) is 4. The summed E-state index contributed by atoms with van der Waals surface area (Å²) in [4.78, 5) is 4.29.